The average molecular weight is 398 g/mol. The maximum absolute atomic E-state index is 12.6. The topological polar surface area (TPSA) is 89.0 Å². The van der Waals surface area contributed by atoms with Crippen LogP contribution in [-0.2, 0) is 11.2 Å². The number of rotatable bonds is 5. The minimum atomic E-state index is -4.29. The van der Waals surface area contributed by atoms with Crippen molar-refractivity contribution in [2.75, 3.05) is 18.5 Å². The molecule has 0 bridgehead atoms. The Morgan fingerprint density at radius 3 is 2.68 bits per heavy atom. The highest BCUT2D eigenvalue weighted by molar-refractivity contribution is 5.33. The lowest BCUT2D eigenvalue weighted by atomic mass is 10.0. The number of benzene rings is 1. The van der Waals surface area contributed by atoms with E-state index in [-0.39, 0.29) is 17.6 Å². The highest BCUT2D eigenvalue weighted by Gasteiger charge is 2.27. The number of H-pyrrole nitrogens is 1. The predicted octanol–water partition coefficient (Wildman–Crippen LogP) is 2.56. The Labute approximate surface area is 158 Å². The average Bonchev–Trinajstić information content (AvgIpc) is 2.61. The van der Waals surface area contributed by atoms with Gasteiger partial charge in [0.1, 0.15) is 0 Å². The number of halogens is 3. The van der Waals surface area contributed by atoms with Gasteiger partial charge in [0.05, 0.1) is 12.5 Å². The van der Waals surface area contributed by atoms with Crippen LogP contribution in [0.4, 0.5) is 19.1 Å². The predicted molar refractivity (Wildman–Crippen MR) is 96.4 cm³/mol. The van der Waals surface area contributed by atoms with Crippen LogP contribution in [0.1, 0.15) is 43.0 Å². The molecule has 10 heteroatoms. The van der Waals surface area contributed by atoms with Crippen LogP contribution in [0.15, 0.2) is 33.9 Å². The fourth-order valence-corrected chi connectivity index (χ4v) is 3.25. The van der Waals surface area contributed by atoms with E-state index >= 15 is 0 Å². The number of aromatic nitrogens is 3. The molecule has 0 aliphatic carbocycles. The Kier molecular flexibility index (Phi) is 5.87. The fourth-order valence-electron chi connectivity index (χ4n) is 3.25. The molecule has 1 aliphatic heterocycles. The van der Waals surface area contributed by atoms with Crippen molar-refractivity contribution in [2.24, 2.45) is 0 Å². The number of aromatic amines is 1. The van der Waals surface area contributed by atoms with Crippen molar-refractivity contribution >= 4 is 5.95 Å². The quantitative estimate of drug-likeness (QED) is 0.808. The van der Waals surface area contributed by atoms with E-state index in [2.05, 4.69) is 15.3 Å². The molecule has 0 spiro atoms. The van der Waals surface area contributed by atoms with Gasteiger partial charge in [0.15, 0.2) is 0 Å². The molecule has 7 nitrogen and oxygen atoms in total. The van der Waals surface area contributed by atoms with Crippen molar-refractivity contribution < 1.29 is 17.9 Å². The Bertz CT molecular complexity index is 901. The Morgan fingerprint density at radius 1 is 1.32 bits per heavy atom. The number of nitrogens with zero attached hydrogens (tertiary/aromatic N) is 2. The summed E-state index contributed by atoms with van der Waals surface area (Å²) in [5.74, 6) is -0.0213. The third-order valence-electron chi connectivity index (χ3n) is 4.62. The molecule has 1 aliphatic rings. The fraction of sp³-hybridized carbons (Fsp3) is 0.500. The summed E-state index contributed by atoms with van der Waals surface area (Å²) in [4.78, 5) is 31.1. The van der Waals surface area contributed by atoms with Gasteiger partial charge in [-0.05, 0) is 30.9 Å². The summed E-state index contributed by atoms with van der Waals surface area (Å²) >= 11 is 0. The summed E-state index contributed by atoms with van der Waals surface area (Å²) in [6, 6.07) is 5.32. The molecule has 1 fully saturated rings. The van der Waals surface area contributed by atoms with Gasteiger partial charge in [0, 0.05) is 19.3 Å². The molecular weight excluding hydrogens is 377 g/mol. The van der Waals surface area contributed by atoms with Gasteiger partial charge in [0.25, 0.3) is 0 Å². The molecule has 1 aromatic heterocycles. The van der Waals surface area contributed by atoms with Gasteiger partial charge in [-0.1, -0.05) is 24.3 Å². The van der Waals surface area contributed by atoms with Gasteiger partial charge in [-0.25, -0.2) is 14.2 Å². The van der Waals surface area contributed by atoms with Crippen molar-refractivity contribution in [1.29, 1.82) is 0 Å². The zero-order chi connectivity index (χ0) is 20.3. The van der Waals surface area contributed by atoms with Crippen molar-refractivity contribution in [3.63, 3.8) is 0 Å². The van der Waals surface area contributed by atoms with Crippen LogP contribution in [0.5, 0.6) is 0 Å². The number of anilines is 1. The molecule has 3 rings (SSSR count). The van der Waals surface area contributed by atoms with Crippen LogP contribution < -0.4 is 16.7 Å². The molecule has 1 atom stereocenters. The van der Waals surface area contributed by atoms with E-state index in [0.717, 1.165) is 4.57 Å². The van der Waals surface area contributed by atoms with E-state index in [1.54, 1.807) is 13.0 Å². The second kappa shape index (κ2) is 8.17. The lowest BCUT2D eigenvalue weighted by molar-refractivity contribution is -0.127. The first-order valence-electron chi connectivity index (χ1n) is 8.95. The van der Waals surface area contributed by atoms with Gasteiger partial charge in [0.2, 0.25) is 5.95 Å². The van der Waals surface area contributed by atoms with E-state index in [1.807, 2.05) is 0 Å². The summed E-state index contributed by atoms with van der Waals surface area (Å²) in [7, 11) is 0. The lowest BCUT2D eigenvalue weighted by Crippen LogP contribution is -2.42. The highest BCUT2D eigenvalue weighted by Crippen LogP contribution is 2.24. The van der Waals surface area contributed by atoms with Crippen LogP contribution >= 0.6 is 0 Å². The van der Waals surface area contributed by atoms with Crippen LogP contribution in [-0.4, -0.2) is 33.9 Å². The largest absolute Gasteiger partial charge is 0.393 e. The number of ether oxygens (including phenoxy) is 1. The molecule has 1 aromatic carbocycles. The van der Waals surface area contributed by atoms with Crippen LogP contribution in [0.3, 0.4) is 0 Å². The third-order valence-corrected chi connectivity index (χ3v) is 4.62. The van der Waals surface area contributed by atoms with Gasteiger partial charge < -0.3 is 10.1 Å². The van der Waals surface area contributed by atoms with E-state index < -0.39 is 30.0 Å². The smallest absolute Gasteiger partial charge is 0.381 e. The summed E-state index contributed by atoms with van der Waals surface area (Å²) < 4.78 is 44.1. The maximum atomic E-state index is 12.6. The summed E-state index contributed by atoms with van der Waals surface area (Å²) in [6.07, 6.45) is -4.21. The van der Waals surface area contributed by atoms with Gasteiger partial charge in [-0.3, -0.25) is 4.98 Å². The van der Waals surface area contributed by atoms with Gasteiger partial charge in [-0.15, -0.1) is 0 Å². The lowest BCUT2D eigenvalue weighted by Gasteiger charge is -2.23. The second-order valence-electron chi connectivity index (χ2n) is 6.79. The molecule has 1 saturated heterocycles. The molecule has 0 unspecified atom stereocenters. The first-order chi connectivity index (χ1) is 13.2. The Balaban J connectivity index is 1.77. The molecule has 0 saturated carbocycles. The monoisotopic (exact) mass is 398 g/mol. The second-order valence-corrected chi connectivity index (χ2v) is 6.79. The number of hydrogen-bond acceptors (Lipinski definition) is 5. The first-order valence-corrected chi connectivity index (χ1v) is 8.95. The molecule has 2 aromatic rings. The Hall–Kier alpha value is -2.62. The molecule has 0 amide bonds. The van der Waals surface area contributed by atoms with E-state index in [0.29, 0.717) is 31.6 Å². The van der Waals surface area contributed by atoms with E-state index in [1.165, 1.54) is 18.2 Å². The van der Waals surface area contributed by atoms with Gasteiger partial charge in [-0.2, -0.15) is 18.2 Å². The van der Waals surface area contributed by atoms with Crippen LogP contribution in [0, 0.1) is 0 Å². The SMILES string of the molecule is C[C@H](Nc1nc(=O)n(C2CCOCC2)c(=O)[nH]1)c1cccc(CC(F)(F)F)c1. The van der Waals surface area contributed by atoms with E-state index in [4.69, 9.17) is 4.74 Å². The molecular formula is C18H21F3N4O3. The minimum absolute atomic E-state index is 0.0213. The molecule has 28 heavy (non-hydrogen) atoms. The zero-order valence-electron chi connectivity index (χ0n) is 15.3. The molecule has 0 radical (unpaired) electrons. The number of nitrogens with one attached hydrogen (secondary N) is 2. The Morgan fingerprint density at radius 2 is 2.04 bits per heavy atom. The van der Waals surface area contributed by atoms with Gasteiger partial charge >= 0.3 is 17.6 Å². The first kappa shape index (κ1) is 20.1. The summed E-state index contributed by atoms with van der Waals surface area (Å²) in [6.45, 7) is 2.65. The summed E-state index contributed by atoms with van der Waals surface area (Å²) in [5, 5.41) is 2.87. The number of hydrogen-bond donors (Lipinski definition) is 2. The van der Waals surface area contributed by atoms with Crippen molar-refractivity contribution in [3.8, 4) is 0 Å². The van der Waals surface area contributed by atoms with Crippen LogP contribution in [0.2, 0.25) is 0 Å². The number of alkyl halides is 3. The zero-order valence-corrected chi connectivity index (χ0v) is 15.3. The van der Waals surface area contributed by atoms with Crippen molar-refractivity contribution in [2.45, 2.75) is 44.4 Å². The summed E-state index contributed by atoms with van der Waals surface area (Å²) in [5.41, 5.74) is -0.531. The standard InChI is InChI=1S/C18H21F3N4O3/c1-11(13-4-2-3-12(9-13)10-18(19,20)21)22-15-23-16(26)25(17(27)24-15)14-5-7-28-8-6-14/h2-4,9,11,14H,5-8,10H2,1H3,(H2,22,23,24,26,27)/t11-/m0/s1. The van der Waals surface area contributed by atoms with Crippen molar-refractivity contribution in [3.05, 3.63) is 56.4 Å². The molecule has 2 N–H and O–H groups in total. The molecule has 152 valence electrons. The van der Waals surface area contributed by atoms with E-state index in [9.17, 15) is 22.8 Å². The third kappa shape index (κ3) is 5.00. The normalized spacial score (nSPS) is 16.7. The minimum Gasteiger partial charge on any atom is -0.381 e. The maximum Gasteiger partial charge on any atom is 0.393 e. The van der Waals surface area contributed by atoms with Crippen LogP contribution in [0.25, 0.3) is 0 Å². The molecule has 2 heterocycles. The van der Waals surface area contributed by atoms with Crippen molar-refractivity contribution in [1.82, 2.24) is 14.5 Å². The highest BCUT2D eigenvalue weighted by atomic mass is 19.4.